The number of rotatable bonds is 41. The van der Waals surface area contributed by atoms with Gasteiger partial charge in [0.1, 0.15) is 25.4 Å². The minimum absolute atomic E-state index is 0.149. The molecular formula is C44H86O8. The number of hydrogen-bond acceptors (Lipinski definition) is 8. The summed E-state index contributed by atoms with van der Waals surface area (Å²) >= 11 is 0. The fourth-order valence-corrected chi connectivity index (χ4v) is 6.65. The van der Waals surface area contributed by atoms with Gasteiger partial charge >= 0.3 is 11.9 Å². The summed E-state index contributed by atoms with van der Waals surface area (Å²) in [6.07, 6.45) is 34.2. The van der Waals surface area contributed by atoms with Gasteiger partial charge in [0.25, 0.3) is 0 Å². The van der Waals surface area contributed by atoms with Crippen LogP contribution in [-0.4, -0.2) is 67.1 Å². The second kappa shape index (κ2) is 39.5. The van der Waals surface area contributed by atoms with Crippen LogP contribution in [0.4, 0.5) is 0 Å². The van der Waals surface area contributed by atoms with Gasteiger partial charge in [-0.2, -0.15) is 0 Å². The normalized spacial score (nSPS) is 13.9. The van der Waals surface area contributed by atoms with E-state index in [1.54, 1.807) is 0 Å². The molecule has 8 nitrogen and oxygen atoms in total. The van der Waals surface area contributed by atoms with Crippen molar-refractivity contribution in [1.82, 2.24) is 0 Å². The van der Waals surface area contributed by atoms with Crippen LogP contribution in [0.25, 0.3) is 0 Å². The highest BCUT2D eigenvalue weighted by Gasteiger charge is 2.29. The van der Waals surface area contributed by atoms with Gasteiger partial charge in [-0.15, -0.1) is 0 Å². The molecule has 0 aliphatic heterocycles. The van der Waals surface area contributed by atoms with Crippen molar-refractivity contribution in [2.75, 3.05) is 20.3 Å². The van der Waals surface area contributed by atoms with E-state index in [2.05, 4.69) is 13.8 Å². The highest BCUT2D eigenvalue weighted by molar-refractivity contribution is 5.69. The van der Waals surface area contributed by atoms with E-state index in [0.717, 1.165) is 38.5 Å². The average Bonchev–Trinajstić information content (AvgIpc) is 3.14. The molecule has 4 atom stereocenters. The van der Waals surface area contributed by atoms with Crippen LogP contribution in [0.5, 0.6) is 0 Å². The molecule has 0 fully saturated rings. The van der Waals surface area contributed by atoms with Crippen LogP contribution in [0.2, 0.25) is 0 Å². The Morgan fingerprint density at radius 2 is 0.750 bits per heavy atom. The largest absolute Gasteiger partial charge is 0.463 e. The molecule has 0 saturated heterocycles. The summed E-state index contributed by atoms with van der Waals surface area (Å²) in [5.74, 6) is -0.673. The number of hydrogen-bond donors (Lipinski definition) is 2. The highest BCUT2D eigenvalue weighted by Crippen LogP contribution is 2.16. The summed E-state index contributed by atoms with van der Waals surface area (Å²) in [6, 6.07) is 0. The third-order valence-corrected chi connectivity index (χ3v) is 10.2. The van der Waals surface area contributed by atoms with Crippen molar-refractivity contribution < 1.29 is 38.7 Å². The first-order valence-corrected chi connectivity index (χ1v) is 22.2. The molecule has 0 saturated carbocycles. The molecule has 0 rings (SSSR count). The van der Waals surface area contributed by atoms with Crippen LogP contribution in [0.3, 0.4) is 0 Å². The summed E-state index contributed by atoms with van der Waals surface area (Å²) in [5.41, 5.74) is 0. The summed E-state index contributed by atoms with van der Waals surface area (Å²) in [6.45, 7) is 5.59. The van der Waals surface area contributed by atoms with E-state index >= 15 is 0 Å². The molecule has 0 aromatic heterocycles. The van der Waals surface area contributed by atoms with Crippen molar-refractivity contribution in [1.29, 1.82) is 0 Å². The van der Waals surface area contributed by atoms with Crippen molar-refractivity contribution in [3.8, 4) is 0 Å². The van der Waals surface area contributed by atoms with Crippen LogP contribution < -0.4 is 0 Å². The molecule has 8 heteroatoms. The summed E-state index contributed by atoms with van der Waals surface area (Å²) in [5, 5.41) is 20.5. The standard InChI is InChI=1S/C44H86O8/c1-5-7-9-11-13-15-17-19-21-23-25-27-29-31-33-35-41(46)50-37-40(44(48)39(3)45)52-43(49-4)38-51-42(47)36-34-32-30-28-26-24-22-20-18-16-14-12-10-8-6-2/h39-40,43-45,48H,5-38H2,1-4H3/t39?,40?,43-,44+/m1/s1. The molecule has 0 bridgehead atoms. The fraction of sp³-hybridized carbons (Fsp3) is 0.955. The maximum absolute atomic E-state index is 12.4. The zero-order valence-corrected chi connectivity index (χ0v) is 34.7. The lowest BCUT2D eigenvalue weighted by molar-refractivity contribution is -0.221. The molecule has 0 heterocycles. The first-order valence-electron chi connectivity index (χ1n) is 22.2. The maximum Gasteiger partial charge on any atom is 0.305 e. The lowest BCUT2D eigenvalue weighted by atomic mass is 10.0. The van der Waals surface area contributed by atoms with Crippen molar-refractivity contribution in [3.63, 3.8) is 0 Å². The number of aliphatic hydroxyl groups is 2. The lowest BCUT2D eigenvalue weighted by Gasteiger charge is -2.28. The second-order valence-corrected chi connectivity index (χ2v) is 15.3. The minimum Gasteiger partial charge on any atom is -0.463 e. The first-order chi connectivity index (χ1) is 25.3. The fourth-order valence-electron chi connectivity index (χ4n) is 6.65. The number of methoxy groups -OCH3 is 1. The number of carbonyl (C=O) groups excluding carboxylic acids is 2. The summed E-state index contributed by atoms with van der Waals surface area (Å²) in [4.78, 5) is 24.7. The summed E-state index contributed by atoms with van der Waals surface area (Å²) < 4.78 is 21.9. The van der Waals surface area contributed by atoms with E-state index in [1.165, 1.54) is 168 Å². The molecule has 0 aromatic rings. The molecule has 310 valence electrons. The van der Waals surface area contributed by atoms with Crippen molar-refractivity contribution >= 4 is 11.9 Å². The number of carbonyl (C=O) groups is 2. The number of unbranched alkanes of at least 4 members (excludes halogenated alkanes) is 28. The SMILES string of the molecule is CCCCCCCCCCCCCCCCCC(=O)OCC(O[C@H](COC(=O)CCCCCCCCCCCCCCCCC)OC)[C@@H](O)C(C)O. The zero-order valence-electron chi connectivity index (χ0n) is 34.7. The molecule has 2 unspecified atom stereocenters. The van der Waals surface area contributed by atoms with Gasteiger partial charge in [0, 0.05) is 20.0 Å². The molecule has 0 radical (unpaired) electrons. The third kappa shape index (κ3) is 34.5. The Hall–Kier alpha value is -1.22. The smallest absolute Gasteiger partial charge is 0.305 e. The molecule has 0 aromatic carbocycles. The van der Waals surface area contributed by atoms with Crippen LogP contribution in [0, 0.1) is 0 Å². The van der Waals surface area contributed by atoms with Crippen molar-refractivity contribution in [2.24, 2.45) is 0 Å². The van der Waals surface area contributed by atoms with Crippen LogP contribution in [-0.2, 0) is 28.5 Å². The molecule has 2 N–H and O–H groups in total. The number of ether oxygens (including phenoxy) is 4. The molecular weight excluding hydrogens is 656 g/mol. The van der Waals surface area contributed by atoms with Crippen molar-refractivity contribution in [2.45, 2.75) is 251 Å². The Kier molecular flexibility index (Phi) is 38.5. The third-order valence-electron chi connectivity index (χ3n) is 10.2. The quantitative estimate of drug-likeness (QED) is 0.0362. The van der Waals surface area contributed by atoms with Crippen LogP contribution in [0.15, 0.2) is 0 Å². The topological polar surface area (TPSA) is 112 Å². The van der Waals surface area contributed by atoms with Gasteiger partial charge in [-0.1, -0.05) is 194 Å². The van der Waals surface area contributed by atoms with E-state index in [9.17, 15) is 19.8 Å². The second-order valence-electron chi connectivity index (χ2n) is 15.3. The predicted molar refractivity (Wildman–Crippen MR) is 214 cm³/mol. The van der Waals surface area contributed by atoms with Gasteiger partial charge in [0.2, 0.25) is 0 Å². The van der Waals surface area contributed by atoms with Crippen LogP contribution in [0.1, 0.15) is 226 Å². The van der Waals surface area contributed by atoms with Crippen molar-refractivity contribution in [3.05, 3.63) is 0 Å². The molecule has 52 heavy (non-hydrogen) atoms. The predicted octanol–water partition coefficient (Wildman–Crippen LogP) is 11.7. The highest BCUT2D eigenvalue weighted by atomic mass is 16.7. The lowest BCUT2D eigenvalue weighted by Crippen LogP contribution is -2.44. The van der Waals surface area contributed by atoms with E-state index in [-0.39, 0.29) is 25.2 Å². The minimum atomic E-state index is -1.30. The van der Waals surface area contributed by atoms with E-state index in [0.29, 0.717) is 12.8 Å². The molecule has 0 aliphatic rings. The zero-order chi connectivity index (χ0) is 38.3. The van der Waals surface area contributed by atoms with Gasteiger partial charge in [-0.05, 0) is 19.8 Å². The molecule has 0 aliphatic carbocycles. The van der Waals surface area contributed by atoms with E-state index in [1.807, 2.05) is 0 Å². The Morgan fingerprint density at radius 3 is 1.04 bits per heavy atom. The van der Waals surface area contributed by atoms with Gasteiger partial charge in [-0.25, -0.2) is 0 Å². The van der Waals surface area contributed by atoms with Crippen LogP contribution >= 0.6 is 0 Å². The monoisotopic (exact) mass is 743 g/mol. The number of aliphatic hydroxyl groups excluding tert-OH is 2. The summed E-state index contributed by atoms with van der Waals surface area (Å²) in [7, 11) is 1.42. The Bertz CT molecular complexity index is 761. The average molecular weight is 743 g/mol. The molecule has 0 amide bonds. The van der Waals surface area contributed by atoms with Gasteiger partial charge < -0.3 is 29.2 Å². The van der Waals surface area contributed by atoms with Gasteiger partial charge in [-0.3, -0.25) is 9.59 Å². The first kappa shape index (κ1) is 50.8. The molecule has 0 spiro atoms. The van der Waals surface area contributed by atoms with E-state index < -0.39 is 24.6 Å². The Morgan fingerprint density at radius 1 is 0.462 bits per heavy atom. The Labute approximate surface area is 321 Å². The Balaban J connectivity index is 4.00. The van der Waals surface area contributed by atoms with Gasteiger partial charge in [0.15, 0.2) is 6.29 Å². The number of esters is 2. The van der Waals surface area contributed by atoms with E-state index in [4.69, 9.17) is 18.9 Å². The van der Waals surface area contributed by atoms with Gasteiger partial charge in [0.05, 0.1) is 6.10 Å². The maximum atomic E-state index is 12.4.